The van der Waals surface area contributed by atoms with Crippen LogP contribution in [0.5, 0.6) is 0 Å². The van der Waals surface area contributed by atoms with Gasteiger partial charge in [0.1, 0.15) is 5.60 Å². The van der Waals surface area contributed by atoms with Crippen molar-refractivity contribution < 1.29 is 18.3 Å². The Morgan fingerprint density at radius 2 is 1.86 bits per heavy atom. The maximum Gasteiger partial charge on any atom is 0.416 e. The van der Waals surface area contributed by atoms with Gasteiger partial charge in [0.15, 0.2) is 11.5 Å². The summed E-state index contributed by atoms with van der Waals surface area (Å²) >= 11 is 0. The highest BCUT2D eigenvalue weighted by Crippen LogP contribution is 2.31. The van der Waals surface area contributed by atoms with Crippen molar-refractivity contribution in [1.82, 2.24) is 15.2 Å². The van der Waals surface area contributed by atoms with Crippen LogP contribution in [0.25, 0.3) is 11.4 Å². The molecule has 0 aliphatic carbocycles. The van der Waals surface area contributed by atoms with Gasteiger partial charge in [-0.3, -0.25) is 4.79 Å². The number of alkyl halides is 3. The summed E-state index contributed by atoms with van der Waals surface area (Å²) in [6.45, 7) is 2.71. The minimum atomic E-state index is -4.49. The molecule has 1 aromatic carbocycles. The standard InChI is InChI=1S/C13H12F3N3O2/c1-12(2,21)9-11(20)17-10(19-18-9)7-4-3-5-8(6-7)13(14,15)16/h3-6,21H,1-2H3,(H,17,19,20). The van der Waals surface area contributed by atoms with Crippen LogP contribution in [0.3, 0.4) is 0 Å². The summed E-state index contributed by atoms with van der Waals surface area (Å²) < 4.78 is 37.9. The summed E-state index contributed by atoms with van der Waals surface area (Å²) in [6, 6.07) is 4.37. The number of aromatic amines is 1. The van der Waals surface area contributed by atoms with Crippen LogP contribution in [0.2, 0.25) is 0 Å². The first kappa shape index (κ1) is 15.2. The first-order valence-corrected chi connectivity index (χ1v) is 5.96. The molecule has 0 aliphatic rings. The number of aromatic nitrogens is 3. The maximum atomic E-state index is 12.6. The van der Waals surface area contributed by atoms with E-state index in [0.717, 1.165) is 12.1 Å². The number of rotatable bonds is 2. The van der Waals surface area contributed by atoms with Crippen molar-refractivity contribution in [2.45, 2.75) is 25.6 Å². The Kier molecular flexibility index (Phi) is 3.58. The van der Waals surface area contributed by atoms with Crippen LogP contribution in [0.1, 0.15) is 25.1 Å². The lowest BCUT2D eigenvalue weighted by molar-refractivity contribution is -0.137. The van der Waals surface area contributed by atoms with Crippen LogP contribution in [0.15, 0.2) is 29.1 Å². The molecule has 112 valence electrons. The van der Waals surface area contributed by atoms with Gasteiger partial charge in [-0.2, -0.15) is 13.2 Å². The van der Waals surface area contributed by atoms with Gasteiger partial charge in [0.25, 0.3) is 5.56 Å². The quantitative estimate of drug-likeness (QED) is 0.890. The number of hydrogen-bond acceptors (Lipinski definition) is 4. The third-order valence-corrected chi connectivity index (χ3v) is 2.74. The first-order chi connectivity index (χ1) is 9.59. The molecule has 0 spiro atoms. The van der Waals surface area contributed by atoms with E-state index < -0.39 is 22.9 Å². The molecule has 2 rings (SSSR count). The molecule has 0 atom stereocenters. The van der Waals surface area contributed by atoms with Gasteiger partial charge in [0, 0.05) is 5.56 Å². The SMILES string of the molecule is CC(C)(O)c1nnc(-c2cccc(C(F)(F)F)c2)[nH]c1=O. The molecule has 0 bridgehead atoms. The van der Waals surface area contributed by atoms with E-state index in [2.05, 4.69) is 15.2 Å². The number of H-pyrrole nitrogens is 1. The molecule has 1 heterocycles. The van der Waals surface area contributed by atoms with E-state index in [4.69, 9.17) is 0 Å². The minimum Gasteiger partial charge on any atom is -0.384 e. The van der Waals surface area contributed by atoms with Crippen LogP contribution in [-0.2, 0) is 11.8 Å². The van der Waals surface area contributed by atoms with Crippen molar-refractivity contribution >= 4 is 0 Å². The van der Waals surface area contributed by atoms with Crippen molar-refractivity contribution in [1.29, 1.82) is 0 Å². The second kappa shape index (κ2) is 4.96. The second-order valence-electron chi connectivity index (χ2n) is 4.99. The van der Waals surface area contributed by atoms with Crippen molar-refractivity contribution in [3.8, 4) is 11.4 Å². The molecule has 0 aliphatic heterocycles. The van der Waals surface area contributed by atoms with Gasteiger partial charge in [-0.05, 0) is 26.0 Å². The molecule has 0 saturated carbocycles. The molecule has 2 N–H and O–H groups in total. The largest absolute Gasteiger partial charge is 0.416 e. The summed E-state index contributed by atoms with van der Waals surface area (Å²) in [6.07, 6.45) is -4.49. The number of benzene rings is 1. The Morgan fingerprint density at radius 1 is 1.19 bits per heavy atom. The van der Waals surface area contributed by atoms with E-state index in [9.17, 15) is 23.1 Å². The zero-order valence-electron chi connectivity index (χ0n) is 11.2. The highest BCUT2D eigenvalue weighted by Gasteiger charge is 2.30. The fourth-order valence-electron chi connectivity index (χ4n) is 1.71. The van der Waals surface area contributed by atoms with Crippen molar-refractivity contribution in [2.24, 2.45) is 0 Å². The minimum absolute atomic E-state index is 0.0803. The topological polar surface area (TPSA) is 78.9 Å². The average Bonchev–Trinajstić information content (AvgIpc) is 2.36. The maximum absolute atomic E-state index is 12.6. The number of nitrogens with zero attached hydrogens (tertiary/aromatic N) is 2. The molecule has 2 aromatic rings. The summed E-state index contributed by atoms with van der Waals surface area (Å²) in [5.41, 5.74) is -3.18. The van der Waals surface area contributed by atoms with Gasteiger partial charge < -0.3 is 10.1 Å². The highest BCUT2D eigenvalue weighted by atomic mass is 19.4. The molecular formula is C13H12F3N3O2. The van der Waals surface area contributed by atoms with Crippen LogP contribution in [-0.4, -0.2) is 20.3 Å². The van der Waals surface area contributed by atoms with E-state index in [1.807, 2.05) is 0 Å². The Hall–Kier alpha value is -2.22. The Labute approximate surface area is 117 Å². The van der Waals surface area contributed by atoms with E-state index in [0.29, 0.717) is 0 Å². The summed E-state index contributed by atoms with van der Waals surface area (Å²) in [5, 5.41) is 17.0. The van der Waals surface area contributed by atoms with Gasteiger partial charge in [0.2, 0.25) is 0 Å². The van der Waals surface area contributed by atoms with E-state index in [-0.39, 0.29) is 17.1 Å². The molecule has 0 unspecified atom stereocenters. The van der Waals surface area contributed by atoms with Crippen molar-refractivity contribution in [2.75, 3.05) is 0 Å². The Balaban J connectivity index is 2.49. The van der Waals surface area contributed by atoms with Gasteiger partial charge in [-0.25, -0.2) is 0 Å². The molecule has 0 saturated heterocycles. The van der Waals surface area contributed by atoms with Crippen LogP contribution >= 0.6 is 0 Å². The first-order valence-electron chi connectivity index (χ1n) is 5.96. The predicted molar refractivity (Wildman–Crippen MR) is 68.3 cm³/mol. The van der Waals surface area contributed by atoms with Crippen LogP contribution in [0.4, 0.5) is 13.2 Å². The van der Waals surface area contributed by atoms with Gasteiger partial charge in [-0.1, -0.05) is 12.1 Å². The van der Waals surface area contributed by atoms with Gasteiger partial charge in [0.05, 0.1) is 5.56 Å². The van der Waals surface area contributed by atoms with E-state index in [1.54, 1.807) is 0 Å². The second-order valence-corrected chi connectivity index (χ2v) is 4.99. The van der Waals surface area contributed by atoms with Gasteiger partial charge >= 0.3 is 6.18 Å². The normalized spacial score (nSPS) is 12.5. The van der Waals surface area contributed by atoms with Gasteiger partial charge in [-0.15, -0.1) is 10.2 Å². The molecule has 0 fully saturated rings. The van der Waals surface area contributed by atoms with E-state index in [1.165, 1.54) is 26.0 Å². The summed E-state index contributed by atoms with van der Waals surface area (Å²) in [4.78, 5) is 14.1. The third-order valence-electron chi connectivity index (χ3n) is 2.74. The van der Waals surface area contributed by atoms with Crippen LogP contribution < -0.4 is 5.56 Å². The van der Waals surface area contributed by atoms with Crippen molar-refractivity contribution in [3.63, 3.8) is 0 Å². The predicted octanol–water partition coefficient (Wildman–Crippen LogP) is 2.08. The molecule has 8 heteroatoms. The lowest BCUT2D eigenvalue weighted by Crippen LogP contribution is -2.30. The zero-order chi connectivity index (χ0) is 15.8. The lowest BCUT2D eigenvalue weighted by Gasteiger charge is -2.14. The molecule has 0 radical (unpaired) electrons. The zero-order valence-corrected chi connectivity index (χ0v) is 11.2. The molecule has 5 nitrogen and oxygen atoms in total. The number of nitrogens with one attached hydrogen (secondary N) is 1. The molecular weight excluding hydrogens is 287 g/mol. The molecule has 1 aromatic heterocycles. The third kappa shape index (κ3) is 3.27. The Bertz CT molecular complexity index is 718. The number of hydrogen-bond donors (Lipinski definition) is 2. The number of halogens is 3. The lowest BCUT2D eigenvalue weighted by atomic mass is 10.1. The van der Waals surface area contributed by atoms with E-state index >= 15 is 0 Å². The molecule has 21 heavy (non-hydrogen) atoms. The van der Waals surface area contributed by atoms with Crippen molar-refractivity contribution in [3.05, 3.63) is 45.9 Å². The average molecular weight is 299 g/mol. The highest BCUT2D eigenvalue weighted by molar-refractivity contribution is 5.55. The summed E-state index contributed by atoms with van der Waals surface area (Å²) in [5.74, 6) is -0.0981. The number of aliphatic hydroxyl groups is 1. The fourth-order valence-corrected chi connectivity index (χ4v) is 1.71. The summed E-state index contributed by atoms with van der Waals surface area (Å²) in [7, 11) is 0. The molecule has 0 amide bonds. The fraction of sp³-hybridized carbons (Fsp3) is 0.308. The Morgan fingerprint density at radius 3 is 2.38 bits per heavy atom. The smallest absolute Gasteiger partial charge is 0.384 e. The van der Waals surface area contributed by atoms with Crippen LogP contribution in [0, 0.1) is 0 Å². The monoisotopic (exact) mass is 299 g/mol.